The summed E-state index contributed by atoms with van der Waals surface area (Å²) in [5, 5.41) is -0.235. The van der Waals surface area contributed by atoms with Gasteiger partial charge in [-0.2, -0.15) is 0 Å². The van der Waals surface area contributed by atoms with Gasteiger partial charge in [-0.25, -0.2) is 8.42 Å². The van der Waals surface area contributed by atoms with Crippen LogP contribution in [-0.2, 0) is 9.84 Å². The van der Waals surface area contributed by atoms with Crippen LogP contribution in [0.1, 0.15) is 40.0 Å². The molecular weight excluding hydrogens is 172 g/mol. The van der Waals surface area contributed by atoms with Crippen molar-refractivity contribution >= 4 is 9.84 Å². The van der Waals surface area contributed by atoms with Crippen LogP contribution < -0.4 is 0 Å². The maximum Gasteiger partial charge on any atom is 0.155 e. The molecule has 0 aromatic rings. The van der Waals surface area contributed by atoms with Crippen LogP contribution in [0.15, 0.2) is 0 Å². The van der Waals surface area contributed by atoms with E-state index in [9.17, 15) is 8.42 Å². The highest BCUT2D eigenvalue weighted by molar-refractivity contribution is 7.92. The minimum absolute atomic E-state index is 0.115. The monoisotopic (exact) mass is 190 g/mol. The normalized spacial score (nSPS) is 41.1. The lowest BCUT2D eigenvalue weighted by molar-refractivity contribution is 0.400. The standard InChI is InChI=1S/C9H18O2S/c1-4-9-6-5-7(2)12(10,11)8(9)3/h7-9H,4-6H2,1-3H3. The van der Waals surface area contributed by atoms with E-state index in [2.05, 4.69) is 6.92 Å². The number of rotatable bonds is 1. The van der Waals surface area contributed by atoms with Crippen molar-refractivity contribution in [1.82, 2.24) is 0 Å². The van der Waals surface area contributed by atoms with Crippen LogP contribution in [-0.4, -0.2) is 18.9 Å². The van der Waals surface area contributed by atoms with E-state index in [1.54, 1.807) is 0 Å². The number of sulfone groups is 1. The molecule has 0 aliphatic carbocycles. The van der Waals surface area contributed by atoms with Crippen LogP contribution >= 0.6 is 0 Å². The molecule has 0 saturated carbocycles. The third-order valence-electron chi connectivity index (χ3n) is 3.21. The van der Waals surface area contributed by atoms with E-state index in [-0.39, 0.29) is 10.5 Å². The van der Waals surface area contributed by atoms with Crippen molar-refractivity contribution in [3.63, 3.8) is 0 Å². The molecule has 3 atom stereocenters. The quantitative estimate of drug-likeness (QED) is 0.633. The molecule has 1 heterocycles. The summed E-state index contributed by atoms with van der Waals surface area (Å²) in [5.74, 6) is 0.395. The van der Waals surface area contributed by atoms with Gasteiger partial charge in [0, 0.05) is 0 Å². The Morgan fingerprint density at radius 2 is 1.83 bits per heavy atom. The van der Waals surface area contributed by atoms with Crippen LogP contribution in [0.3, 0.4) is 0 Å². The molecule has 1 rings (SSSR count). The lowest BCUT2D eigenvalue weighted by atomic mass is 9.95. The summed E-state index contributed by atoms with van der Waals surface area (Å²) in [4.78, 5) is 0. The fourth-order valence-corrected chi connectivity index (χ4v) is 4.08. The predicted octanol–water partition coefficient (Wildman–Crippen LogP) is 2.00. The second-order valence-corrected chi connectivity index (χ2v) is 6.58. The van der Waals surface area contributed by atoms with Gasteiger partial charge in [-0.15, -0.1) is 0 Å². The van der Waals surface area contributed by atoms with Gasteiger partial charge in [0.15, 0.2) is 9.84 Å². The van der Waals surface area contributed by atoms with Gasteiger partial charge in [-0.3, -0.25) is 0 Å². The Bertz CT molecular complexity index is 243. The van der Waals surface area contributed by atoms with E-state index in [1.165, 1.54) is 0 Å². The molecule has 0 bridgehead atoms. The van der Waals surface area contributed by atoms with Crippen molar-refractivity contribution in [3.8, 4) is 0 Å². The van der Waals surface area contributed by atoms with Crippen LogP contribution in [0.4, 0.5) is 0 Å². The molecule has 1 aliphatic heterocycles. The van der Waals surface area contributed by atoms with Gasteiger partial charge in [0.05, 0.1) is 10.5 Å². The predicted molar refractivity (Wildman–Crippen MR) is 50.9 cm³/mol. The average Bonchev–Trinajstić information content (AvgIpc) is 2.02. The summed E-state index contributed by atoms with van der Waals surface area (Å²) in [6, 6.07) is 0. The number of hydrogen-bond donors (Lipinski definition) is 0. The van der Waals surface area contributed by atoms with Crippen molar-refractivity contribution in [2.45, 2.75) is 50.5 Å². The first-order chi connectivity index (χ1) is 5.50. The van der Waals surface area contributed by atoms with Crippen molar-refractivity contribution in [1.29, 1.82) is 0 Å². The molecular formula is C9H18O2S. The van der Waals surface area contributed by atoms with Crippen molar-refractivity contribution in [3.05, 3.63) is 0 Å². The Labute approximate surface area is 75.3 Å². The minimum atomic E-state index is -2.80. The smallest absolute Gasteiger partial charge is 0.155 e. The molecule has 0 aromatic carbocycles. The highest BCUT2D eigenvalue weighted by Gasteiger charge is 2.37. The topological polar surface area (TPSA) is 34.1 Å². The first-order valence-electron chi connectivity index (χ1n) is 4.72. The molecule has 0 amide bonds. The van der Waals surface area contributed by atoms with E-state index in [4.69, 9.17) is 0 Å². The van der Waals surface area contributed by atoms with Crippen LogP contribution in [0.2, 0.25) is 0 Å². The maximum absolute atomic E-state index is 11.7. The van der Waals surface area contributed by atoms with Gasteiger partial charge >= 0.3 is 0 Å². The van der Waals surface area contributed by atoms with Gasteiger partial charge in [0.1, 0.15) is 0 Å². The molecule has 0 spiro atoms. The van der Waals surface area contributed by atoms with Crippen molar-refractivity contribution in [2.75, 3.05) is 0 Å². The van der Waals surface area contributed by atoms with E-state index in [0.717, 1.165) is 19.3 Å². The fraction of sp³-hybridized carbons (Fsp3) is 1.00. The van der Waals surface area contributed by atoms with Gasteiger partial charge < -0.3 is 0 Å². The molecule has 1 aliphatic rings. The second-order valence-electron chi connectivity index (χ2n) is 3.85. The van der Waals surface area contributed by atoms with Gasteiger partial charge in [-0.1, -0.05) is 13.3 Å². The zero-order valence-corrected chi connectivity index (χ0v) is 8.89. The van der Waals surface area contributed by atoms with Crippen LogP contribution in [0, 0.1) is 5.92 Å². The molecule has 2 nitrogen and oxygen atoms in total. The summed E-state index contributed by atoms with van der Waals surface area (Å²) in [7, 11) is -2.80. The molecule has 0 N–H and O–H groups in total. The SMILES string of the molecule is CCC1CCC(C)S(=O)(=O)C1C. The molecule has 1 fully saturated rings. The second kappa shape index (κ2) is 3.36. The maximum atomic E-state index is 11.7. The van der Waals surface area contributed by atoms with Crippen molar-refractivity contribution in [2.24, 2.45) is 5.92 Å². The third kappa shape index (κ3) is 1.51. The lowest BCUT2D eigenvalue weighted by Crippen LogP contribution is -2.38. The Hall–Kier alpha value is -0.0500. The largest absolute Gasteiger partial charge is 0.228 e. The van der Waals surface area contributed by atoms with Gasteiger partial charge in [-0.05, 0) is 32.6 Å². The zero-order chi connectivity index (χ0) is 9.35. The van der Waals surface area contributed by atoms with Crippen molar-refractivity contribution < 1.29 is 8.42 Å². The molecule has 3 unspecified atom stereocenters. The summed E-state index contributed by atoms with van der Waals surface area (Å²) >= 11 is 0. The van der Waals surface area contributed by atoms with E-state index in [1.807, 2.05) is 13.8 Å². The van der Waals surface area contributed by atoms with E-state index >= 15 is 0 Å². The Kier molecular flexibility index (Phi) is 2.81. The van der Waals surface area contributed by atoms with E-state index in [0.29, 0.717) is 5.92 Å². The third-order valence-corrected chi connectivity index (χ3v) is 5.99. The lowest BCUT2D eigenvalue weighted by Gasteiger charge is -2.31. The molecule has 72 valence electrons. The van der Waals surface area contributed by atoms with Gasteiger partial charge in [0.25, 0.3) is 0 Å². The van der Waals surface area contributed by atoms with Crippen LogP contribution in [0.5, 0.6) is 0 Å². The molecule has 0 radical (unpaired) electrons. The summed E-state index contributed by atoms with van der Waals surface area (Å²) in [6.07, 6.45) is 2.93. The highest BCUT2D eigenvalue weighted by Crippen LogP contribution is 2.31. The zero-order valence-electron chi connectivity index (χ0n) is 8.08. The first-order valence-corrected chi connectivity index (χ1v) is 6.33. The van der Waals surface area contributed by atoms with Gasteiger partial charge in [0.2, 0.25) is 0 Å². The van der Waals surface area contributed by atoms with E-state index < -0.39 is 9.84 Å². The molecule has 0 aromatic heterocycles. The molecule has 12 heavy (non-hydrogen) atoms. The fourth-order valence-electron chi connectivity index (χ4n) is 2.02. The molecule has 3 heteroatoms. The van der Waals surface area contributed by atoms with Crippen LogP contribution in [0.25, 0.3) is 0 Å². The Balaban J connectivity index is 2.86. The minimum Gasteiger partial charge on any atom is -0.228 e. The highest BCUT2D eigenvalue weighted by atomic mass is 32.2. The average molecular weight is 190 g/mol. The summed E-state index contributed by atoms with van der Waals surface area (Å²) < 4.78 is 23.4. The Morgan fingerprint density at radius 1 is 1.25 bits per heavy atom. The Morgan fingerprint density at radius 3 is 2.33 bits per heavy atom. The molecule has 1 saturated heterocycles. The first kappa shape index (κ1) is 10.0. The number of hydrogen-bond acceptors (Lipinski definition) is 2. The summed E-state index contributed by atoms with van der Waals surface area (Å²) in [6.45, 7) is 5.77. The summed E-state index contributed by atoms with van der Waals surface area (Å²) in [5.41, 5.74) is 0.